The first-order chi connectivity index (χ1) is 18.9. The van der Waals surface area contributed by atoms with Crippen molar-refractivity contribution in [2.24, 2.45) is 7.05 Å². The summed E-state index contributed by atoms with van der Waals surface area (Å²) in [6, 6.07) is 6.63. The number of piperazine rings is 1. The van der Waals surface area contributed by atoms with E-state index in [2.05, 4.69) is 22.1 Å². The highest BCUT2D eigenvalue weighted by Crippen LogP contribution is 2.20. The minimum absolute atomic E-state index is 0.0660. The monoisotopic (exact) mass is 564 g/mol. The van der Waals surface area contributed by atoms with Crippen LogP contribution in [0.3, 0.4) is 0 Å². The molecule has 214 valence electrons. The number of hydrogen-bond acceptors (Lipinski definition) is 8. The molecular weight excluding hydrogens is 537 g/mol. The average Bonchev–Trinajstić information content (AvgIpc) is 3.33. The number of methoxy groups -OCH3 is 1. The molecule has 0 saturated carbocycles. The molecule has 0 radical (unpaired) electrons. The number of ether oxygens (including phenoxy) is 1. The van der Waals surface area contributed by atoms with E-state index in [4.69, 9.17) is 19.6 Å². The molecule has 0 aliphatic carbocycles. The lowest BCUT2D eigenvalue weighted by molar-refractivity contribution is -0.192. The molecule has 40 heavy (non-hydrogen) atoms. The summed E-state index contributed by atoms with van der Waals surface area (Å²) in [7, 11) is 2.93. The SMILES string of the molecule is CC#CCn1c(N2CCNCC2)nc2c1c(=O)n(Cc1ccc(C(=O)OC)cc1)c(=O)n2C.O=C(O)C(F)(F)F. The van der Waals surface area contributed by atoms with Crippen molar-refractivity contribution < 1.29 is 32.6 Å². The fraction of sp³-hybridized carbons (Fsp3) is 0.400. The number of carboxylic acids is 1. The molecule has 3 heterocycles. The molecule has 3 aromatic rings. The van der Waals surface area contributed by atoms with Gasteiger partial charge in [-0.1, -0.05) is 18.1 Å². The normalized spacial score (nSPS) is 13.2. The number of nitrogens with zero attached hydrogens (tertiary/aromatic N) is 5. The van der Waals surface area contributed by atoms with E-state index in [1.54, 1.807) is 42.8 Å². The average molecular weight is 565 g/mol. The Morgan fingerprint density at radius 3 is 2.25 bits per heavy atom. The first-order valence-electron chi connectivity index (χ1n) is 11.9. The van der Waals surface area contributed by atoms with Crippen LogP contribution in [0.4, 0.5) is 19.1 Å². The van der Waals surface area contributed by atoms with Gasteiger partial charge in [0.2, 0.25) is 5.95 Å². The van der Waals surface area contributed by atoms with E-state index in [1.807, 2.05) is 0 Å². The number of fused-ring (bicyclic) bond motifs is 1. The summed E-state index contributed by atoms with van der Waals surface area (Å²) in [5, 5.41) is 10.4. The summed E-state index contributed by atoms with van der Waals surface area (Å²) in [4.78, 5) is 54.0. The second-order valence-corrected chi connectivity index (χ2v) is 8.56. The van der Waals surface area contributed by atoms with Gasteiger partial charge in [-0.2, -0.15) is 18.2 Å². The Balaban J connectivity index is 0.000000559. The van der Waals surface area contributed by atoms with Gasteiger partial charge in [0.15, 0.2) is 11.2 Å². The number of esters is 1. The number of imidazole rings is 1. The predicted molar refractivity (Wildman–Crippen MR) is 138 cm³/mol. The highest BCUT2D eigenvalue weighted by molar-refractivity contribution is 5.89. The van der Waals surface area contributed by atoms with Crippen LogP contribution in [0.1, 0.15) is 22.8 Å². The lowest BCUT2D eigenvalue weighted by Crippen LogP contribution is -2.44. The molecule has 0 bridgehead atoms. The number of aryl methyl sites for hydroxylation is 1. The van der Waals surface area contributed by atoms with Gasteiger partial charge < -0.3 is 20.1 Å². The number of anilines is 1. The Morgan fingerprint density at radius 2 is 1.73 bits per heavy atom. The van der Waals surface area contributed by atoms with Crippen LogP contribution in [0.5, 0.6) is 0 Å². The fourth-order valence-corrected chi connectivity index (χ4v) is 3.96. The zero-order valence-electron chi connectivity index (χ0n) is 21.9. The fourth-order valence-electron chi connectivity index (χ4n) is 3.96. The summed E-state index contributed by atoms with van der Waals surface area (Å²) >= 11 is 0. The number of rotatable bonds is 5. The van der Waals surface area contributed by atoms with Gasteiger partial charge in [0.05, 0.1) is 25.8 Å². The van der Waals surface area contributed by atoms with E-state index in [9.17, 15) is 27.6 Å². The number of nitrogens with one attached hydrogen (secondary N) is 1. The van der Waals surface area contributed by atoms with Crippen molar-refractivity contribution in [2.45, 2.75) is 26.2 Å². The molecule has 2 aromatic heterocycles. The smallest absolute Gasteiger partial charge is 0.475 e. The first kappa shape index (κ1) is 30.0. The molecule has 1 saturated heterocycles. The van der Waals surface area contributed by atoms with Gasteiger partial charge in [-0.25, -0.2) is 14.4 Å². The van der Waals surface area contributed by atoms with Gasteiger partial charge in [0, 0.05) is 33.2 Å². The molecule has 1 aliphatic heterocycles. The number of benzene rings is 1. The highest BCUT2D eigenvalue weighted by Gasteiger charge is 2.38. The number of alkyl halides is 3. The van der Waals surface area contributed by atoms with Gasteiger partial charge >= 0.3 is 23.8 Å². The first-order valence-corrected chi connectivity index (χ1v) is 11.9. The van der Waals surface area contributed by atoms with Crippen LogP contribution < -0.4 is 21.5 Å². The molecule has 4 rings (SSSR count). The summed E-state index contributed by atoms with van der Waals surface area (Å²) < 4.78 is 40.8. The van der Waals surface area contributed by atoms with Crippen LogP contribution in [0, 0.1) is 11.8 Å². The van der Waals surface area contributed by atoms with E-state index in [0.717, 1.165) is 26.2 Å². The van der Waals surface area contributed by atoms with Gasteiger partial charge in [-0.3, -0.25) is 18.5 Å². The quantitative estimate of drug-likeness (QED) is 0.340. The van der Waals surface area contributed by atoms with Crippen LogP contribution in [0.2, 0.25) is 0 Å². The third-order valence-electron chi connectivity index (χ3n) is 5.98. The van der Waals surface area contributed by atoms with Crippen LogP contribution in [0.15, 0.2) is 33.9 Å². The Morgan fingerprint density at radius 1 is 1.12 bits per heavy atom. The van der Waals surface area contributed by atoms with Crippen molar-refractivity contribution in [3.63, 3.8) is 0 Å². The lowest BCUT2D eigenvalue weighted by atomic mass is 10.1. The van der Waals surface area contributed by atoms with Crippen LogP contribution in [-0.2, 0) is 29.7 Å². The van der Waals surface area contributed by atoms with Crippen molar-refractivity contribution in [2.75, 3.05) is 38.2 Å². The Hall–Kier alpha value is -4.58. The van der Waals surface area contributed by atoms with E-state index in [1.165, 1.54) is 16.2 Å². The van der Waals surface area contributed by atoms with Gasteiger partial charge in [-0.15, -0.1) is 5.92 Å². The standard InChI is InChI=1S/C23H26N6O4.C2HF3O2/c1-4-5-12-28-18-19(25-22(28)27-13-10-24-11-14-27)26(2)23(32)29(20(18)30)15-16-6-8-17(9-7-16)21(31)33-3;3-2(4,5)1(6)7/h6-9,24H,10-15H2,1-3H3;(H,6,7). The third-order valence-corrected chi connectivity index (χ3v) is 5.98. The van der Waals surface area contributed by atoms with Gasteiger partial charge in [-0.05, 0) is 24.6 Å². The molecule has 0 amide bonds. The highest BCUT2D eigenvalue weighted by atomic mass is 19.4. The van der Waals surface area contributed by atoms with E-state index in [0.29, 0.717) is 34.8 Å². The summed E-state index contributed by atoms with van der Waals surface area (Å²) in [6.45, 7) is 5.23. The van der Waals surface area contributed by atoms with Crippen LogP contribution in [0.25, 0.3) is 11.2 Å². The zero-order chi connectivity index (χ0) is 29.6. The summed E-state index contributed by atoms with van der Waals surface area (Å²) in [6.07, 6.45) is -5.08. The zero-order valence-corrected chi connectivity index (χ0v) is 21.9. The molecule has 1 fully saturated rings. The van der Waals surface area contributed by atoms with Crippen LogP contribution in [-0.4, -0.2) is 75.2 Å². The van der Waals surface area contributed by atoms with Crippen molar-refractivity contribution >= 4 is 29.1 Å². The number of hydrogen-bond donors (Lipinski definition) is 2. The number of halogens is 3. The maximum Gasteiger partial charge on any atom is 0.490 e. The summed E-state index contributed by atoms with van der Waals surface area (Å²) in [5.41, 5.74) is 0.921. The number of carbonyl (C=O) groups excluding carboxylic acids is 1. The molecular formula is C25H27F3N6O6. The largest absolute Gasteiger partial charge is 0.490 e. The molecule has 0 unspecified atom stereocenters. The van der Waals surface area contributed by atoms with Crippen molar-refractivity contribution in [3.05, 3.63) is 56.2 Å². The van der Waals surface area contributed by atoms with E-state index >= 15 is 0 Å². The Labute approximate surface area is 225 Å². The molecule has 1 aliphatic rings. The number of carboxylic acid groups (broad SMARTS) is 1. The third kappa shape index (κ3) is 6.52. The van der Waals surface area contributed by atoms with Crippen molar-refractivity contribution in [3.8, 4) is 11.8 Å². The topological polar surface area (TPSA) is 141 Å². The van der Waals surface area contributed by atoms with Gasteiger partial charge in [0.25, 0.3) is 5.56 Å². The molecule has 1 aromatic carbocycles. The second-order valence-electron chi connectivity index (χ2n) is 8.56. The summed E-state index contributed by atoms with van der Waals surface area (Å²) in [5.74, 6) is 3.34. The molecule has 15 heteroatoms. The van der Waals surface area contributed by atoms with E-state index in [-0.39, 0.29) is 6.54 Å². The van der Waals surface area contributed by atoms with Gasteiger partial charge in [0.1, 0.15) is 0 Å². The molecule has 12 nitrogen and oxygen atoms in total. The number of aliphatic carboxylic acids is 1. The minimum atomic E-state index is -5.08. The maximum absolute atomic E-state index is 13.5. The molecule has 0 atom stereocenters. The van der Waals surface area contributed by atoms with Crippen molar-refractivity contribution in [1.29, 1.82) is 0 Å². The maximum atomic E-state index is 13.5. The Bertz CT molecular complexity index is 1570. The minimum Gasteiger partial charge on any atom is -0.475 e. The lowest BCUT2D eigenvalue weighted by Gasteiger charge is -2.28. The molecule has 2 N–H and O–H groups in total. The number of carbonyl (C=O) groups is 2. The number of aromatic nitrogens is 4. The van der Waals surface area contributed by atoms with Crippen molar-refractivity contribution in [1.82, 2.24) is 24.0 Å². The van der Waals surface area contributed by atoms with E-state index < -0.39 is 29.4 Å². The molecule has 0 spiro atoms. The second kappa shape index (κ2) is 12.5. The Kier molecular flexibility index (Phi) is 9.38. The predicted octanol–water partition coefficient (Wildman–Crippen LogP) is 0.798. The van der Waals surface area contributed by atoms with Crippen LogP contribution >= 0.6 is 0 Å².